The molecule has 0 atom stereocenters. The zero-order valence-electron chi connectivity index (χ0n) is 13.1. The van der Waals surface area contributed by atoms with Gasteiger partial charge in [0.1, 0.15) is 4.88 Å². The Bertz CT molecular complexity index is 637. The number of aryl methyl sites for hydroxylation is 4. The van der Waals surface area contributed by atoms with Gasteiger partial charge in [0.05, 0.1) is 6.61 Å². The molecule has 2 aromatic rings. The number of carbonyl (C=O) groups is 1. The minimum Gasteiger partial charge on any atom is -0.477 e. The molecule has 0 spiro atoms. The summed E-state index contributed by atoms with van der Waals surface area (Å²) in [6.07, 6.45) is 9.70. The molecule has 0 radical (unpaired) electrons. The van der Waals surface area contributed by atoms with Gasteiger partial charge < -0.3 is 10.2 Å². The molecule has 0 aliphatic heterocycles. The minimum absolute atomic E-state index is 0.220. The first-order valence-corrected chi connectivity index (χ1v) is 9.87. The summed E-state index contributed by atoms with van der Waals surface area (Å²) in [6, 6.07) is 4.00. The lowest BCUT2D eigenvalue weighted by Crippen LogP contribution is -1.96. The molecule has 0 fully saturated rings. The number of aliphatic hydroxyl groups is 1. The third kappa shape index (κ3) is 4.03. The SMILES string of the molecule is O=C(O)c1cc2c(s1)CCCC2.OCc1cc2c(s1)CCCC2. The first-order valence-electron chi connectivity index (χ1n) is 8.23. The second-order valence-electron chi connectivity index (χ2n) is 6.10. The van der Waals surface area contributed by atoms with Crippen LogP contribution in [0.2, 0.25) is 0 Å². The number of rotatable bonds is 2. The van der Waals surface area contributed by atoms with Crippen molar-refractivity contribution in [1.82, 2.24) is 0 Å². The zero-order valence-corrected chi connectivity index (χ0v) is 14.8. The molecule has 23 heavy (non-hydrogen) atoms. The van der Waals surface area contributed by atoms with Crippen LogP contribution in [-0.2, 0) is 32.3 Å². The fourth-order valence-corrected chi connectivity index (χ4v) is 5.44. The van der Waals surface area contributed by atoms with Gasteiger partial charge in [-0.3, -0.25) is 0 Å². The first-order chi connectivity index (χ1) is 11.2. The maximum Gasteiger partial charge on any atom is 0.345 e. The van der Waals surface area contributed by atoms with Crippen LogP contribution in [0.5, 0.6) is 0 Å². The highest BCUT2D eigenvalue weighted by Gasteiger charge is 2.16. The number of aromatic carboxylic acids is 1. The number of carboxylic acid groups (broad SMARTS) is 1. The van der Waals surface area contributed by atoms with Crippen molar-refractivity contribution in [2.45, 2.75) is 58.0 Å². The number of hydrogen-bond donors (Lipinski definition) is 2. The summed E-state index contributed by atoms with van der Waals surface area (Å²) < 4.78 is 0. The zero-order chi connectivity index (χ0) is 16.2. The summed E-state index contributed by atoms with van der Waals surface area (Å²) in [7, 11) is 0. The van der Waals surface area contributed by atoms with E-state index in [1.807, 2.05) is 6.07 Å². The molecular weight excluding hydrogens is 328 g/mol. The van der Waals surface area contributed by atoms with Crippen molar-refractivity contribution in [2.75, 3.05) is 0 Å². The molecule has 2 heterocycles. The standard InChI is InChI=1S/C9H10O2S.C9H12OS/c10-9(11)8-5-6-3-1-2-4-7(6)12-8;10-6-8-5-7-3-1-2-4-9(7)11-8/h5H,1-4H2,(H,10,11);5,10H,1-4,6H2. The van der Waals surface area contributed by atoms with Crippen LogP contribution >= 0.6 is 22.7 Å². The van der Waals surface area contributed by atoms with E-state index in [4.69, 9.17) is 10.2 Å². The van der Waals surface area contributed by atoms with E-state index in [0.29, 0.717) is 4.88 Å². The molecule has 0 bridgehead atoms. The predicted octanol–water partition coefficient (Wildman–Crippen LogP) is 4.44. The molecule has 2 aromatic heterocycles. The van der Waals surface area contributed by atoms with Crippen molar-refractivity contribution in [3.8, 4) is 0 Å². The van der Waals surface area contributed by atoms with E-state index < -0.39 is 5.97 Å². The maximum absolute atomic E-state index is 10.6. The van der Waals surface area contributed by atoms with Gasteiger partial charge in [-0.2, -0.15) is 0 Å². The van der Waals surface area contributed by atoms with Gasteiger partial charge >= 0.3 is 5.97 Å². The highest BCUT2D eigenvalue weighted by atomic mass is 32.1. The molecule has 4 rings (SSSR count). The Hall–Kier alpha value is -1.17. The van der Waals surface area contributed by atoms with Gasteiger partial charge in [-0.1, -0.05) is 0 Å². The van der Waals surface area contributed by atoms with Gasteiger partial charge in [0.25, 0.3) is 0 Å². The van der Waals surface area contributed by atoms with E-state index in [0.717, 1.165) is 17.7 Å². The Labute approximate surface area is 144 Å². The van der Waals surface area contributed by atoms with Crippen molar-refractivity contribution in [2.24, 2.45) is 0 Å². The Morgan fingerprint density at radius 2 is 1.48 bits per heavy atom. The van der Waals surface area contributed by atoms with Crippen LogP contribution in [0.25, 0.3) is 0 Å². The van der Waals surface area contributed by atoms with E-state index in [9.17, 15) is 4.79 Å². The average molecular weight is 351 g/mol. The largest absolute Gasteiger partial charge is 0.477 e. The number of hydrogen-bond acceptors (Lipinski definition) is 4. The monoisotopic (exact) mass is 350 g/mol. The summed E-state index contributed by atoms with van der Waals surface area (Å²) in [5.74, 6) is -0.783. The van der Waals surface area contributed by atoms with E-state index >= 15 is 0 Å². The van der Waals surface area contributed by atoms with Crippen LogP contribution in [0.4, 0.5) is 0 Å². The predicted molar refractivity (Wildman–Crippen MR) is 94.8 cm³/mol. The summed E-state index contributed by atoms with van der Waals surface area (Å²) >= 11 is 3.23. The van der Waals surface area contributed by atoms with E-state index in [1.165, 1.54) is 70.7 Å². The Morgan fingerprint density at radius 1 is 0.913 bits per heavy atom. The topological polar surface area (TPSA) is 57.5 Å². The smallest absolute Gasteiger partial charge is 0.345 e. The maximum atomic E-state index is 10.6. The molecular formula is C18H22O3S2. The fraction of sp³-hybridized carbons (Fsp3) is 0.500. The van der Waals surface area contributed by atoms with Crippen molar-refractivity contribution >= 4 is 28.6 Å². The molecule has 2 aliphatic carbocycles. The Morgan fingerprint density at radius 3 is 2.00 bits per heavy atom. The Balaban J connectivity index is 0.000000136. The van der Waals surface area contributed by atoms with Crippen molar-refractivity contribution in [3.63, 3.8) is 0 Å². The summed E-state index contributed by atoms with van der Waals surface area (Å²) in [5, 5.41) is 17.6. The van der Waals surface area contributed by atoms with Crippen LogP contribution in [0.1, 0.15) is 61.1 Å². The van der Waals surface area contributed by atoms with Crippen LogP contribution in [0.15, 0.2) is 12.1 Å². The lowest BCUT2D eigenvalue weighted by Gasteiger charge is -2.08. The van der Waals surface area contributed by atoms with Crippen LogP contribution in [-0.4, -0.2) is 16.2 Å². The van der Waals surface area contributed by atoms with Crippen LogP contribution in [0.3, 0.4) is 0 Å². The van der Waals surface area contributed by atoms with Crippen LogP contribution < -0.4 is 0 Å². The minimum atomic E-state index is -0.783. The second kappa shape index (κ2) is 7.60. The third-order valence-electron chi connectivity index (χ3n) is 4.41. The number of aliphatic hydroxyl groups excluding tert-OH is 1. The van der Waals surface area contributed by atoms with Crippen molar-refractivity contribution in [1.29, 1.82) is 0 Å². The van der Waals surface area contributed by atoms with Crippen LogP contribution in [0, 0.1) is 0 Å². The second-order valence-corrected chi connectivity index (χ2v) is 8.46. The van der Waals surface area contributed by atoms with Gasteiger partial charge in [0, 0.05) is 14.6 Å². The van der Waals surface area contributed by atoms with Gasteiger partial charge in [0.15, 0.2) is 0 Å². The van der Waals surface area contributed by atoms with Gasteiger partial charge in [0.2, 0.25) is 0 Å². The molecule has 0 saturated heterocycles. The number of carboxylic acids is 1. The Kier molecular flexibility index (Phi) is 5.51. The molecule has 0 amide bonds. The van der Waals surface area contributed by atoms with Crippen molar-refractivity contribution in [3.05, 3.63) is 42.8 Å². The van der Waals surface area contributed by atoms with E-state index in [1.54, 1.807) is 11.3 Å². The fourth-order valence-electron chi connectivity index (χ4n) is 3.23. The van der Waals surface area contributed by atoms with Gasteiger partial charge in [-0.05, 0) is 74.6 Å². The molecule has 124 valence electrons. The number of fused-ring (bicyclic) bond motifs is 2. The van der Waals surface area contributed by atoms with E-state index in [2.05, 4.69) is 6.07 Å². The number of thiophene rings is 2. The molecule has 3 nitrogen and oxygen atoms in total. The molecule has 2 N–H and O–H groups in total. The first kappa shape index (κ1) is 16.7. The van der Waals surface area contributed by atoms with Crippen molar-refractivity contribution < 1.29 is 15.0 Å². The molecule has 0 aromatic carbocycles. The molecule has 5 heteroatoms. The van der Waals surface area contributed by atoms with E-state index in [-0.39, 0.29) is 6.61 Å². The highest BCUT2D eigenvalue weighted by Crippen LogP contribution is 2.30. The van der Waals surface area contributed by atoms with Gasteiger partial charge in [-0.15, -0.1) is 22.7 Å². The molecule has 0 saturated carbocycles. The normalized spacial score (nSPS) is 16.0. The lowest BCUT2D eigenvalue weighted by atomic mass is 9.99. The molecule has 0 unspecified atom stereocenters. The average Bonchev–Trinajstić information content (AvgIpc) is 3.19. The highest BCUT2D eigenvalue weighted by molar-refractivity contribution is 7.14. The van der Waals surface area contributed by atoms with Gasteiger partial charge in [-0.25, -0.2) is 4.79 Å². The summed E-state index contributed by atoms with van der Waals surface area (Å²) in [5.41, 5.74) is 2.76. The summed E-state index contributed by atoms with van der Waals surface area (Å²) in [6.45, 7) is 0.220. The quantitative estimate of drug-likeness (QED) is 0.841. The lowest BCUT2D eigenvalue weighted by molar-refractivity contribution is 0.0702. The molecule has 2 aliphatic rings. The third-order valence-corrected chi connectivity index (χ3v) is 6.86. The summed E-state index contributed by atoms with van der Waals surface area (Å²) in [4.78, 5) is 15.1.